The highest BCUT2D eigenvalue weighted by atomic mass is 19.1. The van der Waals surface area contributed by atoms with E-state index in [1.54, 1.807) is 0 Å². The number of halogens is 2. The average molecular weight is 471 g/mol. The van der Waals surface area contributed by atoms with Crippen molar-refractivity contribution in [3.63, 3.8) is 0 Å². The molecule has 184 valence electrons. The highest BCUT2D eigenvalue weighted by Gasteiger charge is 2.44. The van der Waals surface area contributed by atoms with Gasteiger partial charge in [-0.1, -0.05) is 56.7 Å². The number of carbonyl (C=O) groups excluding carboxylic acids is 1. The quantitative estimate of drug-likeness (QED) is 0.378. The summed E-state index contributed by atoms with van der Waals surface area (Å²) in [6, 6.07) is 11.1. The number of nitrogens with one attached hydrogen (secondary N) is 2. The van der Waals surface area contributed by atoms with Crippen LogP contribution in [0.25, 0.3) is 0 Å². The second kappa shape index (κ2) is 11.7. The normalized spacial score (nSPS) is 17.4. The minimum absolute atomic E-state index is 0.126. The van der Waals surface area contributed by atoms with Gasteiger partial charge in [-0.2, -0.15) is 0 Å². The van der Waals surface area contributed by atoms with Crippen LogP contribution in [0.3, 0.4) is 0 Å². The zero-order valence-electron chi connectivity index (χ0n) is 20.3. The molecule has 1 amide bonds. The van der Waals surface area contributed by atoms with Gasteiger partial charge in [-0.25, -0.2) is 8.78 Å². The van der Waals surface area contributed by atoms with Crippen LogP contribution in [0.4, 0.5) is 8.78 Å². The van der Waals surface area contributed by atoms with E-state index in [-0.39, 0.29) is 24.4 Å². The summed E-state index contributed by atoms with van der Waals surface area (Å²) in [7, 11) is 0. The van der Waals surface area contributed by atoms with Crippen LogP contribution in [0, 0.1) is 11.6 Å². The van der Waals surface area contributed by atoms with Crippen molar-refractivity contribution in [2.24, 2.45) is 0 Å². The standard InChI is InChI=1S/C28H36F2N2O2/c1-4-5-6-8-19(2)22-9-7-10-23(16-22)28(11-12-28)31-18-27(34)26(32-20(3)33)15-21-13-24(29)17-25(30)14-21/h6-10,13-14,16-17,19,26-27,31,34H,4-5,11-12,15,18H2,1-3H3,(H,32,33)/b8-6-. The maximum absolute atomic E-state index is 13.6. The van der Waals surface area contributed by atoms with Crippen LogP contribution in [0.1, 0.15) is 69.1 Å². The van der Waals surface area contributed by atoms with Gasteiger partial charge in [0, 0.05) is 25.1 Å². The van der Waals surface area contributed by atoms with Crippen LogP contribution in [0.15, 0.2) is 54.6 Å². The predicted molar refractivity (Wildman–Crippen MR) is 131 cm³/mol. The van der Waals surface area contributed by atoms with Gasteiger partial charge in [-0.15, -0.1) is 0 Å². The van der Waals surface area contributed by atoms with Gasteiger partial charge in [0.1, 0.15) is 11.6 Å². The summed E-state index contributed by atoms with van der Waals surface area (Å²) in [4.78, 5) is 11.7. The first-order chi connectivity index (χ1) is 16.2. The molecule has 0 bridgehead atoms. The Kier molecular flexibility index (Phi) is 8.97. The zero-order chi connectivity index (χ0) is 24.7. The molecule has 0 aromatic heterocycles. The fraction of sp³-hybridized carbons (Fsp3) is 0.464. The molecule has 0 aliphatic heterocycles. The third kappa shape index (κ3) is 7.21. The van der Waals surface area contributed by atoms with E-state index in [4.69, 9.17) is 0 Å². The van der Waals surface area contributed by atoms with E-state index in [1.165, 1.54) is 30.2 Å². The lowest BCUT2D eigenvalue weighted by Crippen LogP contribution is -2.49. The van der Waals surface area contributed by atoms with Crippen molar-refractivity contribution < 1.29 is 18.7 Å². The van der Waals surface area contributed by atoms with Crippen LogP contribution >= 0.6 is 0 Å². The lowest BCUT2D eigenvalue weighted by molar-refractivity contribution is -0.120. The van der Waals surface area contributed by atoms with E-state index in [0.29, 0.717) is 11.5 Å². The van der Waals surface area contributed by atoms with Gasteiger partial charge in [0.15, 0.2) is 0 Å². The van der Waals surface area contributed by atoms with Gasteiger partial charge in [-0.05, 0) is 60.4 Å². The summed E-state index contributed by atoms with van der Waals surface area (Å²) in [6.45, 7) is 5.97. The molecule has 2 aromatic carbocycles. The van der Waals surface area contributed by atoms with Crippen LogP contribution in [0.2, 0.25) is 0 Å². The number of rotatable bonds is 12. The number of benzene rings is 2. The van der Waals surface area contributed by atoms with Gasteiger partial charge in [-0.3, -0.25) is 4.79 Å². The molecule has 1 saturated carbocycles. The molecule has 3 atom stereocenters. The number of aliphatic hydroxyl groups is 1. The van der Waals surface area contributed by atoms with Crippen molar-refractivity contribution in [1.82, 2.24) is 10.6 Å². The fourth-order valence-corrected chi connectivity index (χ4v) is 4.36. The SMILES string of the molecule is CCC/C=C\C(C)c1cccc(C2(NCC(O)C(Cc3cc(F)cc(F)c3)NC(C)=O)CC2)c1. The molecule has 0 radical (unpaired) electrons. The maximum atomic E-state index is 13.6. The first-order valence-corrected chi connectivity index (χ1v) is 12.1. The molecule has 1 fully saturated rings. The Labute approximate surface area is 201 Å². The van der Waals surface area contributed by atoms with Gasteiger partial charge in [0.2, 0.25) is 5.91 Å². The van der Waals surface area contributed by atoms with Crippen molar-refractivity contribution in [1.29, 1.82) is 0 Å². The third-order valence-electron chi connectivity index (χ3n) is 6.48. The lowest BCUT2D eigenvalue weighted by atomic mass is 9.94. The van der Waals surface area contributed by atoms with Crippen molar-refractivity contribution in [2.75, 3.05) is 6.54 Å². The molecule has 0 heterocycles. The van der Waals surface area contributed by atoms with Crippen LogP contribution < -0.4 is 10.6 Å². The van der Waals surface area contributed by atoms with E-state index in [2.05, 4.69) is 60.9 Å². The Bertz CT molecular complexity index is 983. The summed E-state index contributed by atoms with van der Waals surface area (Å²) in [5, 5.41) is 17.1. The van der Waals surface area contributed by atoms with E-state index < -0.39 is 23.8 Å². The fourth-order valence-electron chi connectivity index (χ4n) is 4.36. The molecule has 3 rings (SSSR count). The summed E-state index contributed by atoms with van der Waals surface area (Å²) >= 11 is 0. The Balaban J connectivity index is 1.67. The third-order valence-corrected chi connectivity index (χ3v) is 6.48. The number of carbonyl (C=O) groups is 1. The number of allylic oxidation sites excluding steroid dienone is 2. The molecule has 3 unspecified atom stereocenters. The second-order valence-corrected chi connectivity index (χ2v) is 9.45. The van der Waals surface area contributed by atoms with Gasteiger partial charge < -0.3 is 15.7 Å². The Morgan fingerprint density at radius 2 is 1.88 bits per heavy atom. The summed E-state index contributed by atoms with van der Waals surface area (Å²) in [5.41, 5.74) is 2.63. The molecular weight excluding hydrogens is 434 g/mol. The van der Waals surface area contributed by atoms with Gasteiger partial charge in [0.25, 0.3) is 0 Å². The van der Waals surface area contributed by atoms with Crippen LogP contribution in [-0.2, 0) is 16.8 Å². The molecular formula is C28H36F2N2O2. The number of hydrogen-bond acceptors (Lipinski definition) is 3. The average Bonchev–Trinajstić information content (AvgIpc) is 3.57. The molecule has 2 aromatic rings. The molecule has 1 aliphatic carbocycles. The molecule has 1 aliphatic rings. The largest absolute Gasteiger partial charge is 0.390 e. The summed E-state index contributed by atoms with van der Waals surface area (Å²) in [6.07, 6.45) is 7.80. The topological polar surface area (TPSA) is 61.4 Å². The van der Waals surface area contributed by atoms with E-state index >= 15 is 0 Å². The van der Waals surface area contributed by atoms with E-state index in [0.717, 1.165) is 31.7 Å². The van der Waals surface area contributed by atoms with Crippen molar-refractivity contribution in [3.8, 4) is 0 Å². The molecule has 3 N–H and O–H groups in total. The van der Waals surface area contributed by atoms with Crippen molar-refractivity contribution in [3.05, 3.63) is 82.9 Å². The highest BCUT2D eigenvalue weighted by Crippen LogP contribution is 2.46. The van der Waals surface area contributed by atoms with Gasteiger partial charge in [0.05, 0.1) is 12.1 Å². The maximum Gasteiger partial charge on any atom is 0.217 e. The van der Waals surface area contributed by atoms with E-state index in [9.17, 15) is 18.7 Å². The molecule has 0 saturated heterocycles. The highest BCUT2D eigenvalue weighted by molar-refractivity contribution is 5.73. The predicted octanol–water partition coefficient (Wildman–Crippen LogP) is 5.11. The summed E-state index contributed by atoms with van der Waals surface area (Å²) in [5.74, 6) is -1.34. The van der Waals surface area contributed by atoms with Crippen molar-refractivity contribution >= 4 is 5.91 Å². The van der Waals surface area contributed by atoms with Crippen LogP contribution in [0.5, 0.6) is 0 Å². The number of hydrogen-bond donors (Lipinski definition) is 3. The number of amides is 1. The first kappa shape index (κ1) is 26.0. The number of unbranched alkanes of at least 4 members (excludes halogenated alkanes) is 1. The monoisotopic (exact) mass is 470 g/mol. The lowest BCUT2D eigenvalue weighted by Gasteiger charge is -2.27. The first-order valence-electron chi connectivity index (χ1n) is 12.1. The minimum atomic E-state index is -0.924. The van der Waals surface area contributed by atoms with Gasteiger partial charge >= 0.3 is 0 Å². The smallest absolute Gasteiger partial charge is 0.217 e. The molecule has 34 heavy (non-hydrogen) atoms. The molecule has 6 heteroatoms. The summed E-state index contributed by atoms with van der Waals surface area (Å²) < 4.78 is 27.2. The number of aliphatic hydroxyl groups excluding tert-OH is 1. The van der Waals surface area contributed by atoms with E-state index in [1.807, 2.05) is 0 Å². The Morgan fingerprint density at radius 3 is 2.50 bits per heavy atom. The Morgan fingerprint density at radius 1 is 1.18 bits per heavy atom. The second-order valence-electron chi connectivity index (χ2n) is 9.45. The Hall–Kier alpha value is -2.57. The van der Waals surface area contributed by atoms with Crippen molar-refractivity contribution in [2.45, 2.75) is 76.5 Å². The molecule has 4 nitrogen and oxygen atoms in total. The zero-order valence-corrected chi connectivity index (χ0v) is 20.3. The van der Waals surface area contributed by atoms with Crippen LogP contribution in [-0.4, -0.2) is 29.7 Å². The molecule has 0 spiro atoms. The minimum Gasteiger partial charge on any atom is -0.390 e.